The number of pyridine rings is 1. The zero-order valence-electron chi connectivity index (χ0n) is 11.5. The van der Waals surface area contributed by atoms with Crippen molar-refractivity contribution in [3.8, 4) is 0 Å². The molecule has 0 saturated heterocycles. The van der Waals surface area contributed by atoms with E-state index in [1.165, 1.54) is 12.3 Å². The molecule has 0 aliphatic carbocycles. The number of esters is 1. The number of hydrogen-bond acceptors (Lipinski definition) is 5. The first kappa shape index (κ1) is 13.8. The number of benzene rings is 1. The summed E-state index contributed by atoms with van der Waals surface area (Å²) < 4.78 is 9.72. The van der Waals surface area contributed by atoms with Gasteiger partial charge in [0.25, 0.3) is 5.91 Å². The molecule has 1 N–H and O–H groups in total. The minimum absolute atomic E-state index is 0.0557. The predicted octanol–water partition coefficient (Wildman–Crippen LogP) is 2.62. The average Bonchev–Trinajstić information content (AvgIpc) is 3.07. The fourth-order valence-corrected chi connectivity index (χ4v) is 1.93. The van der Waals surface area contributed by atoms with Crippen LogP contribution in [-0.4, -0.2) is 23.5 Å². The van der Waals surface area contributed by atoms with Crippen LogP contribution in [0.5, 0.6) is 0 Å². The lowest BCUT2D eigenvalue weighted by molar-refractivity contribution is -0.119. The van der Waals surface area contributed by atoms with Crippen LogP contribution in [0.4, 0.5) is 5.69 Å². The number of ether oxygens (including phenoxy) is 1. The Kier molecular flexibility index (Phi) is 3.82. The number of aromatic nitrogens is 1. The maximum Gasteiger partial charge on any atom is 0.374 e. The van der Waals surface area contributed by atoms with Crippen molar-refractivity contribution in [3.05, 3.63) is 60.7 Å². The molecule has 1 aromatic carbocycles. The quantitative estimate of drug-likeness (QED) is 0.748. The molecule has 0 unspecified atom stereocenters. The standard InChI is InChI=1S/C16H12N2O4/c19-15(10-22-16(20)14-6-3-7-21-14)18-12-8-11-4-1-2-5-13(11)17-9-12/h1-9H,10H2,(H,18,19). The fraction of sp³-hybridized carbons (Fsp3) is 0.0625. The average molecular weight is 296 g/mol. The van der Waals surface area contributed by atoms with E-state index in [4.69, 9.17) is 9.15 Å². The third kappa shape index (κ3) is 3.12. The van der Waals surface area contributed by atoms with Crippen molar-refractivity contribution in [2.24, 2.45) is 0 Å². The van der Waals surface area contributed by atoms with E-state index in [0.29, 0.717) is 5.69 Å². The Balaban J connectivity index is 1.59. The van der Waals surface area contributed by atoms with Crippen molar-refractivity contribution < 1.29 is 18.7 Å². The number of nitrogens with zero attached hydrogens (tertiary/aromatic N) is 1. The molecule has 3 rings (SSSR count). The van der Waals surface area contributed by atoms with Crippen molar-refractivity contribution >= 4 is 28.5 Å². The molecule has 22 heavy (non-hydrogen) atoms. The third-order valence-corrected chi connectivity index (χ3v) is 2.93. The van der Waals surface area contributed by atoms with Gasteiger partial charge in [-0.25, -0.2) is 4.79 Å². The molecule has 2 heterocycles. The number of rotatable bonds is 4. The number of nitrogens with one attached hydrogen (secondary N) is 1. The Labute approximate surface area is 125 Å². The number of amides is 1. The van der Waals surface area contributed by atoms with Gasteiger partial charge in [0.05, 0.1) is 23.7 Å². The summed E-state index contributed by atoms with van der Waals surface area (Å²) in [5, 5.41) is 3.54. The predicted molar refractivity (Wildman–Crippen MR) is 79.4 cm³/mol. The van der Waals surface area contributed by atoms with Gasteiger partial charge in [0.15, 0.2) is 6.61 Å². The van der Waals surface area contributed by atoms with E-state index in [-0.39, 0.29) is 5.76 Å². The van der Waals surface area contributed by atoms with E-state index in [9.17, 15) is 9.59 Å². The highest BCUT2D eigenvalue weighted by Crippen LogP contribution is 2.15. The largest absolute Gasteiger partial charge is 0.457 e. The Morgan fingerprint density at radius 1 is 1.18 bits per heavy atom. The first-order valence-electron chi connectivity index (χ1n) is 6.57. The maximum absolute atomic E-state index is 11.8. The molecule has 1 amide bonds. The van der Waals surface area contributed by atoms with Crippen LogP contribution < -0.4 is 5.32 Å². The lowest BCUT2D eigenvalue weighted by atomic mass is 10.2. The van der Waals surface area contributed by atoms with Gasteiger partial charge in [-0.2, -0.15) is 0 Å². The van der Waals surface area contributed by atoms with Crippen LogP contribution >= 0.6 is 0 Å². The summed E-state index contributed by atoms with van der Waals surface area (Å²) in [7, 11) is 0. The van der Waals surface area contributed by atoms with Crippen LogP contribution in [-0.2, 0) is 9.53 Å². The van der Waals surface area contributed by atoms with Gasteiger partial charge >= 0.3 is 5.97 Å². The van der Waals surface area contributed by atoms with Crippen LogP contribution in [0.3, 0.4) is 0 Å². The number of carbonyl (C=O) groups excluding carboxylic acids is 2. The van der Waals surface area contributed by atoms with Gasteiger partial charge in [-0.15, -0.1) is 0 Å². The summed E-state index contributed by atoms with van der Waals surface area (Å²) in [6, 6.07) is 12.4. The molecule has 0 fully saturated rings. The summed E-state index contributed by atoms with van der Waals surface area (Å²) >= 11 is 0. The summed E-state index contributed by atoms with van der Waals surface area (Å²) in [5.41, 5.74) is 1.38. The molecule has 3 aromatic rings. The van der Waals surface area contributed by atoms with E-state index in [1.807, 2.05) is 24.3 Å². The van der Waals surface area contributed by atoms with E-state index >= 15 is 0 Å². The molecule has 0 atom stereocenters. The monoisotopic (exact) mass is 296 g/mol. The Morgan fingerprint density at radius 3 is 2.86 bits per heavy atom. The van der Waals surface area contributed by atoms with Crippen LogP contribution in [0, 0.1) is 0 Å². The molecule has 0 spiro atoms. The molecule has 0 bridgehead atoms. The highest BCUT2D eigenvalue weighted by atomic mass is 16.5. The molecule has 0 aliphatic rings. The number of carbonyl (C=O) groups is 2. The summed E-state index contributed by atoms with van der Waals surface area (Å²) in [4.78, 5) is 27.5. The molecule has 0 radical (unpaired) electrons. The van der Waals surface area contributed by atoms with Gasteiger partial charge in [0.2, 0.25) is 5.76 Å². The van der Waals surface area contributed by atoms with Gasteiger partial charge in [0, 0.05) is 5.39 Å². The van der Waals surface area contributed by atoms with Crippen molar-refractivity contribution in [2.45, 2.75) is 0 Å². The summed E-state index contributed by atoms with van der Waals surface area (Å²) in [6.45, 7) is -0.396. The van der Waals surface area contributed by atoms with E-state index in [1.54, 1.807) is 18.3 Å². The van der Waals surface area contributed by atoms with Gasteiger partial charge in [-0.1, -0.05) is 18.2 Å². The van der Waals surface area contributed by atoms with E-state index in [0.717, 1.165) is 10.9 Å². The molecule has 0 saturated carbocycles. The minimum atomic E-state index is -0.684. The van der Waals surface area contributed by atoms with Crippen molar-refractivity contribution in [1.82, 2.24) is 4.98 Å². The molecule has 6 nitrogen and oxygen atoms in total. The second-order valence-electron chi connectivity index (χ2n) is 4.52. The van der Waals surface area contributed by atoms with E-state index < -0.39 is 18.5 Å². The second-order valence-corrected chi connectivity index (χ2v) is 4.52. The lowest BCUT2D eigenvalue weighted by Gasteiger charge is -2.06. The number of furan rings is 1. The van der Waals surface area contributed by atoms with Crippen molar-refractivity contribution in [2.75, 3.05) is 11.9 Å². The SMILES string of the molecule is O=C(COC(=O)c1ccco1)Nc1cnc2ccccc2c1. The minimum Gasteiger partial charge on any atom is -0.457 e. The highest BCUT2D eigenvalue weighted by Gasteiger charge is 2.12. The van der Waals surface area contributed by atoms with Gasteiger partial charge < -0.3 is 14.5 Å². The Hall–Kier alpha value is -3.15. The Bertz CT molecular complexity index is 812. The summed E-state index contributed by atoms with van der Waals surface area (Å²) in [5.74, 6) is -1.08. The highest BCUT2D eigenvalue weighted by molar-refractivity contribution is 5.95. The zero-order chi connectivity index (χ0) is 15.4. The molecular formula is C16H12N2O4. The van der Waals surface area contributed by atoms with Gasteiger partial charge in [0.1, 0.15) is 0 Å². The molecule has 6 heteroatoms. The van der Waals surface area contributed by atoms with E-state index in [2.05, 4.69) is 10.3 Å². The van der Waals surface area contributed by atoms with Crippen molar-refractivity contribution in [3.63, 3.8) is 0 Å². The third-order valence-electron chi connectivity index (χ3n) is 2.93. The van der Waals surface area contributed by atoms with Crippen molar-refractivity contribution in [1.29, 1.82) is 0 Å². The number of hydrogen-bond donors (Lipinski definition) is 1. The normalized spacial score (nSPS) is 10.4. The van der Waals surface area contributed by atoms with Crippen LogP contribution in [0.2, 0.25) is 0 Å². The zero-order valence-corrected chi connectivity index (χ0v) is 11.5. The van der Waals surface area contributed by atoms with Crippen LogP contribution in [0.25, 0.3) is 10.9 Å². The maximum atomic E-state index is 11.8. The molecule has 2 aromatic heterocycles. The van der Waals surface area contributed by atoms with Crippen LogP contribution in [0.15, 0.2) is 59.3 Å². The number of anilines is 1. The molecule has 110 valence electrons. The van der Waals surface area contributed by atoms with Crippen LogP contribution in [0.1, 0.15) is 10.6 Å². The number of fused-ring (bicyclic) bond motifs is 1. The lowest BCUT2D eigenvalue weighted by Crippen LogP contribution is -2.20. The fourth-order valence-electron chi connectivity index (χ4n) is 1.93. The Morgan fingerprint density at radius 2 is 2.05 bits per heavy atom. The molecular weight excluding hydrogens is 284 g/mol. The first-order valence-corrected chi connectivity index (χ1v) is 6.57. The van der Waals surface area contributed by atoms with Gasteiger partial charge in [-0.3, -0.25) is 9.78 Å². The second kappa shape index (κ2) is 6.09. The smallest absolute Gasteiger partial charge is 0.374 e. The van der Waals surface area contributed by atoms with Gasteiger partial charge in [-0.05, 0) is 24.3 Å². The summed E-state index contributed by atoms with van der Waals surface area (Å²) in [6.07, 6.45) is 2.91. The topological polar surface area (TPSA) is 81.4 Å². The molecule has 0 aliphatic heterocycles. The number of para-hydroxylation sites is 1. The first-order chi connectivity index (χ1) is 10.7.